The SMILES string of the molecule is Cc1cc(C=N)c(Nc2cnn(C3=C=CC3)c2)cc1O. The molecular weight excluding hydrogens is 252 g/mol. The molecule has 5 heteroatoms. The van der Waals surface area contributed by atoms with Gasteiger partial charge in [-0.15, -0.1) is 5.73 Å². The largest absolute Gasteiger partial charge is 0.508 e. The molecule has 20 heavy (non-hydrogen) atoms. The molecule has 2 aromatic rings. The van der Waals surface area contributed by atoms with Crippen molar-refractivity contribution in [3.63, 3.8) is 0 Å². The Balaban J connectivity index is 1.90. The molecule has 0 bridgehead atoms. The molecule has 1 aliphatic carbocycles. The van der Waals surface area contributed by atoms with E-state index in [0.717, 1.165) is 28.9 Å². The standard InChI is InChI=1S/C15H14N4O/c1-10-5-11(7-16)14(6-15(10)20)18-12-8-17-19(9-12)13-3-2-4-13/h2,5-9,16,18,20H,3H2,1H3. The van der Waals surface area contributed by atoms with Crippen LogP contribution in [0.3, 0.4) is 0 Å². The van der Waals surface area contributed by atoms with Crippen LogP contribution in [0.4, 0.5) is 11.4 Å². The molecule has 0 spiro atoms. The molecular formula is C15H14N4O. The molecule has 1 aliphatic rings. The van der Waals surface area contributed by atoms with Crippen LogP contribution in [-0.2, 0) is 0 Å². The molecule has 1 heterocycles. The number of nitrogens with zero attached hydrogens (tertiary/aromatic N) is 2. The number of aryl methyl sites for hydroxylation is 1. The average Bonchev–Trinajstić information content (AvgIpc) is 2.79. The maximum atomic E-state index is 9.78. The molecule has 0 saturated heterocycles. The van der Waals surface area contributed by atoms with E-state index in [0.29, 0.717) is 5.69 Å². The summed E-state index contributed by atoms with van der Waals surface area (Å²) in [7, 11) is 0. The third-order valence-corrected chi connectivity index (χ3v) is 3.23. The van der Waals surface area contributed by atoms with E-state index < -0.39 is 0 Å². The summed E-state index contributed by atoms with van der Waals surface area (Å²) < 4.78 is 1.76. The highest BCUT2D eigenvalue weighted by Crippen LogP contribution is 2.28. The first-order valence-corrected chi connectivity index (χ1v) is 6.27. The van der Waals surface area contributed by atoms with Crippen LogP contribution in [0.15, 0.2) is 36.3 Å². The molecule has 0 fully saturated rings. The van der Waals surface area contributed by atoms with Crippen LogP contribution in [0.5, 0.6) is 5.75 Å². The molecule has 1 aromatic carbocycles. The van der Waals surface area contributed by atoms with Crippen molar-refractivity contribution in [1.82, 2.24) is 9.78 Å². The molecule has 1 aromatic heterocycles. The first-order valence-electron chi connectivity index (χ1n) is 6.27. The van der Waals surface area contributed by atoms with Crippen molar-refractivity contribution in [3.8, 4) is 5.75 Å². The van der Waals surface area contributed by atoms with E-state index in [1.165, 1.54) is 6.21 Å². The van der Waals surface area contributed by atoms with E-state index in [9.17, 15) is 5.11 Å². The minimum Gasteiger partial charge on any atom is -0.508 e. The van der Waals surface area contributed by atoms with Crippen LogP contribution < -0.4 is 5.32 Å². The van der Waals surface area contributed by atoms with Gasteiger partial charge < -0.3 is 15.8 Å². The van der Waals surface area contributed by atoms with Gasteiger partial charge in [0.05, 0.1) is 29.5 Å². The number of anilines is 2. The summed E-state index contributed by atoms with van der Waals surface area (Å²) in [6, 6.07) is 3.39. The van der Waals surface area contributed by atoms with E-state index in [1.807, 2.05) is 12.3 Å². The Morgan fingerprint density at radius 1 is 1.50 bits per heavy atom. The van der Waals surface area contributed by atoms with Gasteiger partial charge in [-0.2, -0.15) is 5.10 Å². The molecule has 0 radical (unpaired) electrons. The van der Waals surface area contributed by atoms with Crippen LogP contribution in [0.1, 0.15) is 17.5 Å². The molecule has 0 aliphatic heterocycles. The number of aromatic nitrogens is 2. The highest BCUT2D eigenvalue weighted by molar-refractivity contribution is 5.88. The average molecular weight is 266 g/mol. The van der Waals surface area contributed by atoms with Crippen molar-refractivity contribution in [2.24, 2.45) is 0 Å². The molecule has 0 atom stereocenters. The smallest absolute Gasteiger partial charge is 0.120 e. The van der Waals surface area contributed by atoms with Crippen molar-refractivity contribution < 1.29 is 5.11 Å². The normalized spacial score (nSPS) is 12.8. The van der Waals surface area contributed by atoms with Gasteiger partial charge in [-0.05, 0) is 24.6 Å². The van der Waals surface area contributed by atoms with Crippen LogP contribution in [-0.4, -0.2) is 21.1 Å². The number of phenolic OH excluding ortho intramolecular Hbond substituents is 1. The summed E-state index contributed by atoms with van der Waals surface area (Å²) >= 11 is 0. The Kier molecular flexibility index (Phi) is 2.89. The number of phenols is 1. The zero-order chi connectivity index (χ0) is 14.1. The lowest BCUT2D eigenvalue weighted by atomic mass is 10.1. The lowest BCUT2D eigenvalue weighted by Gasteiger charge is -2.10. The second-order valence-corrected chi connectivity index (χ2v) is 4.67. The Morgan fingerprint density at radius 3 is 2.95 bits per heavy atom. The van der Waals surface area contributed by atoms with Crippen molar-refractivity contribution >= 4 is 23.3 Å². The van der Waals surface area contributed by atoms with Gasteiger partial charge >= 0.3 is 0 Å². The van der Waals surface area contributed by atoms with Gasteiger partial charge in [-0.1, -0.05) is 0 Å². The predicted molar refractivity (Wildman–Crippen MR) is 78.6 cm³/mol. The fraction of sp³-hybridized carbons (Fsp3) is 0.133. The first kappa shape index (κ1) is 12.3. The number of aromatic hydroxyl groups is 1. The van der Waals surface area contributed by atoms with Crippen LogP contribution in [0, 0.1) is 12.3 Å². The van der Waals surface area contributed by atoms with E-state index >= 15 is 0 Å². The summed E-state index contributed by atoms with van der Waals surface area (Å²) in [5, 5.41) is 24.6. The molecule has 3 rings (SSSR count). The molecule has 5 nitrogen and oxygen atoms in total. The highest BCUT2D eigenvalue weighted by Gasteiger charge is 2.09. The van der Waals surface area contributed by atoms with Crippen molar-refractivity contribution in [2.75, 3.05) is 5.32 Å². The first-order chi connectivity index (χ1) is 9.67. The zero-order valence-electron chi connectivity index (χ0n) is 11.0. The third kappa shape index (κ3) is 2.11. The summed E-state index contributed by atoms with van der Waals surface area (Å²) in [4.78, 5) is 0. The Bertz CT molecular complexity index is 751. The topological polar surface area (TPSA) is 73.9 Å². The van der Waals surface area contributed by atoms with Crippen molar-refractivity contribution in [3.05, 3.63) is 47.5 Å². The quantitative estimate of drug-likeness (QED) is 0.588. The van der Waals surface area contributed by atoms with Gasteiger partial charge in [0.1, 0.15) is 5.75 Å². The Labute approximate surface area is 116 Å². The summed E-state index contributed by atoms with van der Waals surface area (Å²) in [6.45, 7) is 1.81. The molecule has 3 N–H and O–H groups in total. The fourth-order valence-electron chi connectivity index (χ4n) is 1.99. The Morgan fingerprint density at radius 2 is 2.30 bits per heavy atom. The Hall–Kier alpha value is -2.78. The van der Waals surface area contributed by atoms with E-state index in [2.05, 4.69) is 16.1 Å². The van der Waals surface area contributed by atoms with Crippen LogP contribution in [0.2, 0.25) is 0 Å². The van der Waals surface area contributed by atoms with Gasteiger partial charge in [0.15, 0.2) is 0 Å². The van der Waals surface area contributed by atoms with Crippen LogP contribution in [0.25, 0.3) is 5.70 Å². The zero-order valence-corrected chi connectivity index (χ0v) is 11.0. The van der Waals surface area contributed by atoms with Gasteiger partial charge in [-0.25, -0.2) is 4.68 Å². The molecule has 0 amide bonds. The summed E-state index contributed by atoms with van der Waals surface area (Å²) in [5.41, 5.74) is 7.04. The van der Waals surface area contributed by atoms with Gasteiger partial charge in [0.2, 0.25) is 0 Å². The summed E-state index contributed by atoms with van der Waals surface area (Å²) in [5.74, 6) is 0.204. The third-order valence-electron chi connectivity index (χ3n) is 3.23. The lowest BCUT2D eigenvalue weighted by Crippen LogP contribution is -1.99. The number of benzene rings is 1. The molecule has 100 valence electrons. The second kappa shape index (κ2) is 4.72. The van der Waals surface area contributed by atoms with Gasteiger partial charge in [-0.3, -0.25) is 0 Å². The number of rotatable bonds is 4. The number of hydrogen-bond acceptors (Lipinski definition) is 4. The predicted octanol–water partition coefficient (Wildman–Crippen LogP) is 3.04. The van der Waals surface area contributed by atoms with E-state index in [1.54, 1.807) is 29.9 Å². The monoisotopic (exact) mass is 266 g/mol. The minimum atomic E-state index is 0.204. The minimum absolute atomic E-state index is 0.204. The number of hydrogen-bond donors (Lipinski definition) is 3. The van der Waals surface area contributed by atoms with Crippen molar-refractivity contribution in [2.45, 2.75) is 13.3 Å². The van der Waals surface area contributed by atoms with Gasteiger partial charge in [0, 0.05) is 24.3 Å². The number of nitrogens with one attached hydrogen (secondary N) is 2. The number of allylic oxidation sites excluding steroid dienone is 1. The fourth-order valence-corrected chi connectivity index (χ4v) is 1.99. The highest BCUT2D eigenvalue weighted by atomic mass is 16.3. The van der Waals surface area contributed by atoms with E-state index in [-0.39, 0.29) is 5.75 Å². The van der Waals surface area contributed by atoms with Crippen molar-refractivity contribution in [1.29, 1.82) is 5.41 Å². The van der Waals surface area contributed by atoms with Crippen LogP contribution >= 0.6 is 0 Å². The molecule has 0 unspecified atom stereocenters. The van der Waals surface area contributed by atoms with Gasteiger partial charge in [0.25, 0.3) is 0 Å². The van der Waals surface area contributed by atoms with E-state index in [4.69, 9.17) is 5.41 Å². The second-order valence-electron chi connectivity index (χ2n) is 4.67. The maximum Gasteiger partial charge on any atom is 0.120 e. The maximum absolute atomic E-state index is 9.78. The summed E-state index contributed by atoms with van der Waals surface area (Å²) in [6.07, 6.45) is 7.65. The molecule has 0 saturated carbocycles. The lowest BCUT2D eigenvalue weighted by molar-refractivity contribution is 0.471.